The number of benzene rings is 1. The molecule has 1 atom stereocenters. The van der Waals surface area contributed by atoms with E-state index in [4.69, 9.17) is 5.11 Å². The summed E-state index contributed by atoms with van der Waals surface area (Å²) in [5, 5.41) is 8.58. The molecule has 1 rings (SSSR count). The minimum absolute atomic E-state index is 0.195. The fourth-order valence-electron chi connectivity index (χ4n) is 1.14. The van der Waals surface area contributed by atoms with Crippen LogP contribution >= 0.6 is 0 Å². The number of carboxylic acid groups (broad SMARTS) is 1. The van der Waals surface area contributed by atoms with E-state index in [0.29, 0.717) is 5.56 Å². The summed E-state index contributed by atoms with van der Waals surface area (Å²) in [6.45, 7) is 0. The molecule has 1 aromatic rings. The van der Waals surface area contributed by atoms with E-state index in [1.807, 2.05) is 6.07 Å². The van der Waals surface area contributed by atoms with Crippen LogP contribution in [0.15, 0.2) is 35.3 Å². The first kappa shape index (κ1) is 10.2. The smallest absolute Gasteiger partial charge is 0.305 e. The number of carbonyl (C=O) groups is 1. The lowest BCUT2D eigenvalue weighted by molar-refractivity contribution is -0.137. The first-order chi connectivity index (χ1) is 6.74. The van der Waals surface area contributed by atoms with Gasteiger partial charge in [-0.25, -0.2) is 4.79 Å². The van der Waals surface area contributed by atoms with E-state index in [0.717, 1.165) is 0 Å². The number of aliphatic imine (C=N–C) groups is 1. The normalized spacial score (nSPS) is 11.4. The maximum atomic E-state index is 10.5. The third-order valence-electron chi connectivity index (χ3n) is 1.76. The molecule has 1 aromatic carbocycles. The van der Waals surface area contributed by atoms with E-state index in [1.165, 1.54) is 6.08 Å². The van der Waals surface area contributed by atoms with Gasteiger partial charge in [0.25, 0.3) is 0 Å². The van der Waals surface area contributed by atoms with Crippen LogP contribution in [0, 0.1) is 0 Å². The highest BCUT2D eigenvalue weighted by Crippen LogP contribution is 2.19. The fourth-order valence-corrected chi connectivity index (χ4v) is 1.14. The minimum Gasteiger partial charge on any atom is -0.481 e. The van der Waals surface area contributed by atoms with Gasteiger partial charge in [-0.2, -0.15) is 4.99 Å². The zero-order valence-corrected chi connectivity index (χ0v) is 7.38. The number of nitrogens with zero attached hydrogens (tertiary/aromatic N) is 1. The molecule has 0 heterocycles. The molecule has 0 radical (unpaired) electrons. The summed E-state index contributed by atoms with van der Waals surface area (Å²) in [4.78, 5) is 24.0. The number of rotatable bonds is 4. The monoisotopic (exact) mass is 191 g/mol. The number of aliphatic carboxylic acids is 1. The second kappa shape index (κ2) is 4.94. The predicted molar refractivity (Wildman–Crippen MR) is 49.6 cm³/mol. The Morgan fingerprint density at radius 3 is 2.57 bits per heavy atom. The van der Waals surface area contributed by atoms with Crippen molar-refractivity contribution in [3.63, 3.8) is 0 Å². The van der Waals surface area contributed by atoms with Gasteiger partial charge < -0.3 is 5.11 Å². The number of carboxylic acids is 1. The van der Waals surface area contributed by atoms with Gasteiger partial charge in [0, 0.05) is 0 Å². The zero-order chi connectivity index (χ0) is 10.4. The Hall–Kier alpha value is -1.93. The van der Waals surface area contributed by atoms with Crippen molar-refractivity contribution in [2.45, 2.75) is 12.5 Å². The van der Waals surface area contributed by atoms with Crippen molar-refractivity contribution in [1.29, 1.82) is 0 Å². The van der Waals surface area contributed by atoms with Crippen molar-refractivity contribution in [2.75, 3.05) is 0 Å². The second-order valence-corrected chi connectivity index (χ2v) is 2.74. The lowest BCUT2D eigenvalue weighted by atomic mass is 10.1. The van der Waals surface area contributed by atoms with Gasteiger partial charge in [0.15, 0.2) is 0 Å². The summed E-state index contributed by atoms with van der Waals surface area (Å²) in [5.41, 5.74) is 0.707. The van der Waals surface area contributed by atoms with E-state index >= 15 is 0 Å². The molecular weight excluding hydrogens is 182 g/mol. The van der Waals surface area contributed by atoms with Crippen molar-refractivity contribution in [2.24, 2.45) is 4.99 Å². The van der Waals surface area contributed by atoms with E-state index < -0.39 is 12.0 Å². The third kappa shape index (κ3) is 2.84. The second-order valence-electron chi connectivity index (χ2n) is 2.74. The average molecular weight is 191 g/mol. The Morgan fingerprint density at radius 1 is 1.43 bits per heavy atom. The van der Waals surface area contributed by atoms with Crippen LogP contribution < -0.4 is 0 Å². The number of carbonyl (C=O) groups excluding carboxylic acids is 1. The van der Waals surface area contributed by atoms with Gasteiger partial charge in [-0.3, -0.25) is 4.79 Å². The highest BCUT2D eigenvalue weighted by atomic mass is 16.4. The van der Waals surface area contributed by atoms with E-state index in [9.17, 15) is 9.59 Å². The Bertz CT molecular complexity index is 355. The van der Waals surface area contributed by atoms with Crippen LogP contribution in [0.2, 0.25) is 0 Å². The zero-order valence-electron chi connectivity index (χ0n) is 7.38. The van der Waals surface area contributed by atoms with E-state index in [-0.39, 0.29) is 6.42 Å². The maximum Gasteiger partial charge on any atom is 0.305 e. The van der Waals surface area contributed by atoms with Crippen LogP contribution in [0.4, 0.5) is 0 Å². The fraction of sp³-hybridized carbons (Fsp3) is 0.200. The Labute approximate surface area is 80.9 Å². The SMILES string of the molecule is O=C=N[C@H](CC(=O)O)c1ccccc1. The molecule has 1 N–H and O–H groups in total. The van der Waals surface area contributed by atoms with Crippen molar-refractivity contribution in [1.82, 2.24) is 0 Å². The minimum atomic E-state index is -0.988. The summed E-state index contributed by atoms with van der Waals surface area (Å²) in [6.07, 6.45) is 1.19. The van der Waals surface area contributed by atoms with Crippen LogP contribution in [0.1, 0.15) is 18.0 Å². The molecule has 0 fully saturated rings. The van der Waals surface area contributed by atoms with Crippen LogP contribution in [-0.4, -0.2) is 17.2 Å². The molecule has 0 bridgehead atoms. The van der Waals surface area contributed by atoms with E-state index in [1.54, 1.807) is 24.3 Å². The van der Waals surface area contributed by atoms with Gasteiger partial charge in [-0.05, 0) is 5.56 Å². The van der Waals surface area contributed by atoms with Gasteiger partial charge in [-0.1, -0.05) is 30.3 Å². The first-order valence-corrected chi connectivity index (χ1v) is 4.07. The molecule has 0 unspecified atom stereocenters. The lowest BCUT2D eigenvalue weighted by Crippen LogP contribution is -2.03. The first-order valence-electron chi connectivity index (χ1n) is 4.07. The topological polar surface area (TPSA) is 66.7 Å². The lowest BCUT2D eigenvalue weighted by Gasteiger charge is -2.06. The molecule has 0 aromatic heterocycles. The average Bonchev–Trinajstić information content (AvgIpc) is 2.18. The van der Waals surface area contributed by atoms with Gasteiger partial charge >= 0.3 is 5.97 Å². The molecule has 4 nitrogen and oxygen atoms in total. The summed E-state index contributed by atoms with van der Waals surface area (Å²) in [6, 6.07) is 8.18. The number of isocyanates is 1. The van der Waals surface area contributed by atoms with Crippen LogP contribution in [-0.2, 0) is 9.59 Å². The molecular formula is C10H9NO3. The molecule has 4 heteroatoms. The Kier molecular flexibility index (Phi) is 3.58. The van der Waals surface area contributed by atoms with E-state index in [2.05, 4.69) is 4.99 Å². The third-order valence-corrected chi connectivity index (χ3v) is 1.76. The van der Waals surface area contributed by atoms with Gasteiger partial charge in [0.05, 0.1) is 12.5 Å². The molecule has 0 aliphatic carbocycles. The summed E-state index contributed by atoms with van der Waals surface area (Å²) >= 11 is 0. The Morgan fingerprint density at radius 2 is 2.07 bits per heavy atom. The van der Waals surface area contributed by atoms with Crippen LogP contribution in [0.25, 0.3) is 0 Å². The van der Waals surface area contributed by atoms with Crippen molar-refractivity contribution < 1.29 is 14.7 Å². The Balaban J connectivity index is 2.88. The molecule has 0 saturated heterocycles. The van der Waals surface area contributed by atoms with Crippen molar-refractivity contribution in [3.05, 3.63) is 35.9 Å². The van der Waals surface area contributed by atoms with Crippen LogP contribution in [0.3, 0.4) is 0 Å². The van der Waals surface area contributed by atoms with Crippen molar-refractivity contribution in [3.8, 4) is 0 Å². The summed E-state index contributed by atoms with van der Waals surface area (Å²) in [5.74, 6) is -0.988. The predicted octanol–water partition coefficient (Wildman–Crippen LogP) is 1.54. The molecule has 0 saturated carbocycles. The van der Waals surface area contributed by atoms with Crippen molar-refractivity contribution >= 4 is 12.0 Å². The summed E-state index contributed by atoms with van der Waals surface area (Å²) < 4.78 is 0. The highest BCUT2D eigenvalue weighted by molar-refractivity contribution is 5.68. The standard InChI is InChI=1S/C10H9NO3/c12-7-11-9(6-10(13)14)8-4-2-1-3-5-8/h1-5,9H,6H2,(H,13,14)/t9-/m1/s1. The van der Waals surface area contributed by atoms with Crippen LogP contribution in [0.5, 0.6) is 0 Å². The largest absolute Gasteiger partial charge is 0.481 e. The molecule has 14 heavy (non-hydrogen) atoms. The molecule has 72 valence electrons. The molecule has 0 spiro atoms. The highest BCUT2D eigenvalue weighted by Gasteiger charge is 2.13. The molecule has 0 amide bonds. The van der Waals surface area contributed by atoms with Gasteiger partial charge in [-0.15, -0.1) is 0 Å². The number of hydrogen-bond donors (Lipinski definition) is 1. The maximum absolute atomic E-state index is 10.5. The number of hydrogen-bond acceptors (Lipinski definition) is 3. The summed E-state index contributed by atoms with van der Waals surface area (Å²) in [7, 11) is 0. The van der Waals surface area contributed by atoms with Gasteiger partial charge in [0.1, 0.15) is 0 Å². The molecule has 0 aliphatic heterocycles. The quantitative estimate of drug-likeness (QED) is 0.579. The molecule has 0 aliphatic rings. The van der Waals surface area contributed by atoms with Gasteiger partial charge in [0.2, 0.25) is 6.08 Å².